The van der Waals surface area contributed by atoms with Gasteiger partial charge < -0.3 is 67.9 Å². The lowest BCUT2D eigenvalue weighted by molar-refractivity contribution is -0.166. The van der Waals surface area contributed by atoms with Gasteiger partial charge in [-0.25, -0.2) is 0 Å². The Morgan fingerprint density at radius 3 is 0.967 bits per heavy atom. The molecule has 0 saturated carbocycles. The first-order chi connectivity index (χ1) is 28.5. The fourth-order valence-electron chi connectivity index (χ4n) is 6.23. The Kier molecular flexibility index (Phi) is 30.7. The van der Waals surface area contributed by atoms with Crippen molar-refractivity contribution in [3.8, 4) is 0 Å². The highest BCUT2D eigenvalue weighted by molar-refractivity contribution is 7.52. The molecule has 0 amide bonds. The summed E-state index contributed by atoms with van der Waals surface area (Å²) >= 11 is 0. The molecule has 0 aromatic rings. The summed E-state index contributed by atoms with van der Waals surface area (Å²) in [5, 5.41) is 0. The maximum atomic E-state index is 13.1. The smallest absolute Gasteiger partial charge is 0.339 e. The molecule has 0 fully saturated rings. The number of carbonyl (C=O) groups is 3. The van der Waals surface area contributed by atoms with E-state index in [1.165, 1.54) is 12.0 Å². The quantitative estimate of drug-likeness (QED) is 0.0283. The zero-order chi connectivity index (χ0) is 46.7. The minimum absolute atomic E-state index is 0.00102. The van der Waals surface area contributed by atoms with Gasteiger partial charge in [-0.15, -0.1) is 0 Å². The van der Waals surface area contributed by atoms with Crippen LogP contribution in [-0.4, -0.2) is 227 Å². The lowest BCUT2D eigenvalue weighted by atomic mass is 9.92. The Morgan fingerprint density at radius 2 is 0.672 bits per heavy atom. The summed E-state index contributed by atoms with van der Waals surface area (Å²) in [6.45, 7) is 18.1. The van der Waals surface area contributed by atoms with Crippen molar-refractivity contribution in [3.63, 3.8) is 0 Å². The van der Waals surface area contributed by atoms with Crippen LogP contribution < -0.4 is 0 Å². The first-order valence-electron chi connectivity index (χ1n) is 20.9. The minimum Gasteiger partial charge on any atom is -0.465 e. The van der Waals surface area contributed by atoms with Crippen molar-refractivity contribution >= 4 is 40.7 Å². The van der Waals surface area contributed by atoms with Crippen LogP contribution in [0.15, 0.2) is 0 Å². The molecule has 61 heavy (non-hydrogen) atoms. The van der Waals surface area contributed by atoms with Gasteiger partial charge in [0, 0.05) is 66.0 Å². The van der Waals surface area contributed by atoms with E-state index in [2.05, 4.69) is 28.5 Å². The summed E-state index contributed by atoms with van der Waals surface area (Å²) < 4.78 is 57.4. The number of likely N-dealkylation sites (N-methyl/N-ethyl adjacent to an activating group) is 4. The fourth-order valence-corrected chi connectivity index (χ4v) is 8.71. The zero-order valence-corrected chi connectivity index (χ0v) is 40.2. The molecule has 0 bridgehead atoms. The van der Waals surface area contributed by atoms with Crippen molar-refractivity contribution in [1.82, 2.24) is 29.4 Å². The van der Waals surface area contributed by atoms with E-state index < -0.39 is 65.0 Å². The third-order valence-corrected chi connectivity index (χ3v) is 12.3. The summed E-state index contributed by atoms with van der Waals surface area (Å²) in [5.41, 5.74) is -1.34. The topological polar surface area (TPSA) is 280 Å². The van der Waals surface area contributed by atoms with Gasteiger partial charge in [0.25, 0.3) is 0 Å². The van der Waals surface area contributed by atoms with Gasteiger partial charge in [-0.05, 0) is 39.3 Å². The first kappa shape index (κ1) is 59.6. The Balaban J connectivity index is 5.90. The number of carbonyl (C=O) groups excluding carboxylic acids is 3. The third-order valence-electron chi connectivity index (χ3n) is 10.00. The molecule has 25 heteroatoms. The summed E-state index contributed by atoms with van der Waals surface area (Å²) in [4.78, 5) is 107. The molecule has 0 rings (SSSR count). The van der Waals surface area contributed by atoms with Crippen molar-refractivity contribution < 1.29 is 76.4 Å². The maximum Gasteiger partial charge on any atom is 0.339 e. The Labute approximate surface area is 362 Å². The summed E-state index contributed by atoms with van der Waals surface area (Å²) in [5.74, 6) is -1.90. The van der Waals surface area contributed by atoms with Crippen molar-refractivity contribution in [1.29, 1.82) is 0 Å². The second-order valence-electron chi connectivity index (χ2n) is 15.0. The molecule has 0 aromatic carbocycles. The predicted octanol–water partition coefficient (Wildman–Crippen LogP) is 0.756. The molecular formula is C36H77N6O16P3. The van der Waals surface area contributed by atoms with Crippen molar-refractivity contribution in [2.24, 2.45) is 5.41 Å². The van der Waals surface area contributed by atoms with E-state index in [-0.39, 0.29) is 71.9 Å². The molecule has 1 atom stereocenters. The molecule has 0 radical (unpaired) electrons. The molecule has 0 saturated heterocycles. The number of rotatable bonds is 38. The highest BCUT2D eigenvalue weighted by Crippen LogP contribution is 2.40. The molecule has 22 nitrogen and oxygen atoms in total. The van der Waals surface area contributed by atoms with E-state index in [9.17, 15) is 57.4 Å². The minimum atomic E-state index is -4.63. The standard InChI is InChI=1S/C36H77N6O16P3/c1-8-37(9-2)20-22-39(12-5)17-14-33(43)56-27-36(26-55-7,29-58-35(45)16-19-41(30-59(46,47)48)24-21-38(10-3)11-4)28-57-34(44)15-18-40(13-6)23-25-42(31-60(49,50)51)32-61(52,53)54/h8-32H2,1-7H3,(H2,46,47,48)(H2,49,50,51)(H2,52,53,54). The van der Waals surface area contributed by atoms with Gasteiger partial charge in [0.2, 0.25) is 0 Å². The predicted molar refractivity (Wildman–Crippen MR) is 230 cm³/mol. The van der Waals surface area contributed by atoms with Gasteiger partial charge in [0.1, 0.15) is 38.7 Å². The van der Waals surface area contributed by atoms with Crippen LogP contribution in [0.3, 0.4) is 0 Å². The van der Waals surface area contributed by atoms with Crippen molar-refractivity contribution in [2.75, 3.05) is 151 Å². The lowest BCUT2D eigenvalue weighted by Crippen LogP contribution is -2.44. The van der Waals surface area contributed by atoms with Gasteiger partial charge in [-0.3, -0.25) is 37.9 Å². The Hall–Kier alpha value is -1.42. The molecule has 362 valence electrons. The number of ether oxygens (including phenoxy) is 4. The van der Waals surface area contributed by atoms with Gasteiger partial charge >= 0.3 is 40.7 Å². The third kappa shape index (κ3) is 31.2. The number of hydrogen-bond donors (Lipinski definition) is 6. The number of methoxy groups -OCH3 is 1. The molecule has 1 unspecified atom stereocenters. The highest BCUT2D eigenvalue weighted by atomic mass is 31.2. The molecule has 6 N–H and O–H groups in total. The van der Waals surface area contributed by atoms with Crippen molar-refractivity contribution in [3.05, 3.63) is 0 Å². The lowest BCUT2D eigenvalue weighted by Gasteiger charge is -2.32. The number of hydrogen-bond acceptors (Lipinski definition) is 16. The van der Waals surface area contributed by atoms with Crippen LogP contribution in [0.2, 0.25) is 0 Å². The monoisotopic (exact) mass is 942 g/mol. The molecule has 0 spiro atoms. The Bertz CT molecular complexity index is 1360. The SMILES string of the molecule is CCN(CC)CCN(CC)CCC(=O)OCC(COC)(COC(=O)CCN(CC)CCN(CP(=O)(O)O)CP(=O)(O)O)COC(=O)CCN(CCN(CC)CC)CP(=O)(O)O. The fraction of sp³-hybridized carbons (Fsp3) is 0.917. The Morgan fingerprint density at radius 1 is 0.410 bits per heavy atom. The van der Waals surface area contributed by atoms with Gasteiger partial charge in [0.15, 0.2) is 0 Å². The highest BCUT2D eigenvalue weighted by Gasteiger charge is 2.37. The van der Waals surface area contributed by atoms with Crippen LogP contribution in [0.25, 0.3) is 0 Å². The summed E-state index contributed by atoms with van der Waals surface area (Å²) in [6.07, 6.45) is -2.55. The van der Waals surface area contributed by atoms with Crippen LogP contribution in [0, 0.1) is 5.41 Å². The molecule has 0 heterocycles. The average molecular weight is 943 g/mol. The molecule has 0 aromatic heterocycles. The van der Waals surface area contributed by atoms with Crippen LogP contribution in [0.1, 0.15) is 60.8 Å². The van der Waals surface area contributed by atoms with E-state index in [1.54, 1.807) is 11.8 Å². The van der Waals surface area contributed by atoms with Crippen LogP contribution in [0.4, 0.5) is 0 Å². The second kappa shape index (κ2) is 31.5. The van der Waals surface area contributed by atoms with E-state index in [0.29, 0.717) is 26.2 Å². The van der Waals surface area contributed by atoms with Gasteiger partial charge in [0.05, 0.1) is 31.3 Å². The van der Waals surface area contributed by atoms with Gasteiger partial charge in [-0.2, -0.15) is 0 Å². The molecule has 0 aliphatic heterocycles. The summed E-state index contributed by atoms with van der Waals surface area (Å²) in [7, 11) is -12.3. The van der Waals surface area contributed by atoms with E-state index >= 15 is 0 Å². The number of esters is 3. The van der Waals surface area contributed by atoms with Crippen LogP contribution in [-0.2, 0) is 47.0 Å². The largest absolute Gasteiger partial charge is 0.465 e. The van der Waals surface area contributed by atoms with E-state index in [1.807, 2.05) is 20.8 Å². The van der Waals surface area contributed by atoms with E-state index in [4.69, 9.17) is 18.9 Å². The van der Waals surface area contributed by atoms with Crippen LogP contribution >= 0.6 is 22.8 Å². The molecule has 0 aliphatic rings. The molecule has 0 aliphatic carbocycles. The first-order valence-corrected chi connectivity index (χ1v) is 26.3. The normalized spacial score (nSPS) is 13.8. The van der Waals surface area contributed by atoms with Gasteiger partial charge in [-0.1, -0.05) is 41.5 Å². The maximum absolute atomic E-state index is 13.1. The van der Waals surface area contributed by atoms with Crippen LogP contribution in [0.5, 0.6) is 0 Å². The average Bonchev–Trinajstić information content (AvgIpc) is 3.17. The summed E-state index contributed by atoms with van der Waals surface area (Å²) in [6, 6.07) is 0. The number of nitrogens with zero attached hydrogens (tertiary/aromatic N) is 6. The van der Waals surface area contributed by atoms with Crippen molar-refractivity contribution in [2.45, 2.75) is 60.8 Å². The molecular weight excluding hydrogens is 865 g/mol. The zero-order valence-electron chi connectivity index (χ0n) is 37.5. The second-order valence-corrected chi connectivity index (χ2v) is 19.9. The van der Waals surface area contributed by atoms with E-state index in [0.717, 1.165) is 50.7 Å².